The summed E-state index contributed by atoms with van der Waals surface area (Å²) in [4.78, 5) is 13.7. The molecule has 4 heteroatoms. The minimum Gasteiger partial charge on any atom is -0.372 e. The number of carbonyl (C=O) groups excluding carboxylic acids is 1. The molecule has 1 saturated heterocycles. The van der Waals surface area contributed by atoms with E-state index in [9.17, 15) is 4.79 Å². The number of hydrogen-bond donors (Lipinski definition) is 1. The van der Waals surface area contributed by atoms with Crippen LogP contribution in [0.5, 0.6) is 0 Å². The molecule has 4 nitrogen and oxygen atoms in total. The predicted octanol–water partition coefficient (Wildman–Crippen LogP) is 1.60. The first-order valence-corrected chi connectivity index (χ1v) is 5.73. The van der Waals surface area contributed by atoms with Gasteiger partial charge in [-0.2, -0.15) is 0 Å². The molecule has 15 heavy (non-hydrogen) atoms. The highest BCUT2D eigenvalue weighted by molar-refractivity contribution is 5.74. The summed E-state index contributed by atoms with van der Waals surface area (Å²) in [5.41, 5.74) is 0. The summed E-state index contributed by atoms with van der Waals surface area (Å²) in [6.07, 6.45) is 1.23. The number of nitrogens with zero attached hydrogens (tertiary/aromatic N) is 1. The number of nitrogens with one attached hydrogen (secondary N) is 1. The Morgan fingerprint density at radius 1 is 1.47 bits per heavy atom. The lowest BCUT2D eigenvalue weighted by Gasteiger charge is -2.35. The first-order valence-electron chi connectivity index (χ1n) is 5.73. The Morgan fingerprint density at radius 2 is 2.00 bits per heavy atom. The molecule has 1 fully saturated rings. The van der Waals surface area contributed by atoms with Crippen molar-refractivity contribution in [2.45, 2.75) is 52.4 Å². The van der Waals surface area contributed by atoms with Crippen molar-refractivity contribution in [2.75, 3.05) is 13.1 Å². The minimum atomic E-state index is 0.0337. The van der Waals surface area contributed by atoms with Crippen LogP contribution < -0.4 is 5.32 Å². The molecule has 88 valence electrons. The maximum absolute atomic E-state index is 11.8. The van der Waals surface area contributed by atoms with Gasteiger partial charge in [0, 0.05) is 19.1 Å². The summed E-state index contributed by atoms with van der Waals surface area (Å²) < 4.78 is 5.58. The molecule has 1 aliphatic rings. The van der Waals surface area contributed by atoms with Gasteiger partial charge in [0.25, 0.3) is 0 Å². The molecule has 0 aromatic rings. The van der Waals surface area contributed by atoms with Crippen LogP contribution in [-0.4, -0.2) is 42.3 Å². The molecule has 0 aliphatic carbocycles. The van der Waals surface area contributed by atoms with E-state index in [4.69, 9.17) is 4.74 Å². The normalized spacial score (nSPS) is 28.7. The van der Waals surface area contributed by atoms with E-state index < -0.39 is 0 Å². The zero-order valence-corrected chi connectivity index (χ0v) is 10.1. The van der Waals surface area contributed by atoms with Crippen LogP contribution >= 0.6 is 0 Å². The van der Waals surface area contributed by atoms with Gasteiger partial charge < -0.3 is 15.0 Å². The predicted molar refractivity (Wildman–Crippen MR) is 59.9 cm³/mol. The maximum atomic E-state index is 11.8. The third kappa shape index (κ3) is 3.70. The minimum absolute atomic E-state index is 0.0337. The van der Waals surface area contributed by atoms with Crippen molar-refractivity contribution in [3.63, 3.8) is 0 Å². The maximum Gasteiger partial charge on any atom is 0.317 e. The van der Waals surface area contributed by atoms with Crippen molar-refractivity contribution in [3.8, 4) is 0 Å². The van der Waals surface area contributed by atoms with Crippen LogP contribution in [-0.2, 0) is 4.74 Å². The topological polar surface area (TPSA) is 41.6 Å². The van der Waals surface area contributed by atoms with Gasteiger partial charge in [-0.3, -0.25) is 0 Å². The van der Waals surface area contributed by atoms with Crippen molar-refractivity contribution in [3.05, 3.63) is 0 Å². The summed E-state index contributed by atoms with van der Waals surface area (Å²) >= 11 is 0. The van der Waals surface area contributed by atoms with Gasteiger partial charge in [-0.25, -0.2) is 4.79 Å². The molecule has 0 aromatic heterocycles. The molecule has 2 amide bonds. The van der Waals surface area contributed by atoms with Crippen molar-refractivity contribution >= 4 is 6.03 Å². The van der Waals surface area contributed by atoms with Gasteiger partial charge in [0.05, 0.1) is 12.2 Å². The standard InChI is InChI=1S/C11H22N2O2/c1-5-8(2)12-11(14)13-6-9(3)15-10(4)7-13/h8-10H,5-7H2,1-4H3,(H,12,14)/t8-,9+,10+/m0/s1. The molecule has 0 radical (unpaired) electrons. The van der Waals surface area contributed by atoms with Crippen molar-refractivity contribution in [1.82, 2.24) is 10.2 Å². The third-order valence-electron chi connectivity index (χ3n) is 2.69. The SMILES string of the molecule is CC[C@H](C)NC(=O)N1C[C@@H](C)O[C@H](C)C1. The average Bonchev–Trinajstić information content (AvgIpc) is 2.16. The van der Waals surface area contributed by atoms with Gasteiger partial charge in [0.15, 0.2) is 0 Å². The number of ether oxygens (including phenoxy) is 1. The summed E-state index contributed by atoms with van der Waals surface area (Å²) in [6.45, 7) is 9.46. The van der Waals surface area contributed by atoms with E-state index in [0.717, 1.165) is 6.42 Å². The van der Waals surface area contributed by atoms with Crippen molar-refractivity contribution in [1.29, 1.82) is 0 Å². The second-order valence-corrected chi connectivity index (χ2v) is 4.42. The van der Waals surface area contributed by atoms with Crippen LogP contribution in [0.15, 0.2) is 0 Å². The Labute approximate surface area is 92.0 Å². The molecule has 1 heterocycles. The summed E-state index contributed by atoms with van der Waals surface area (Å²) in [6, 6.07) is 0.275. The summed E-state index contributed by atoms with van der Waals surface area (Å²) in [5.74, 6) is 0. The van der Waals surface area contributed by atoms with E-state index in [2.05, 4.69) is 12.2 Å². The molecule has 0 aromatic carbocycles. The first kappa shape index (κ1) is 12.3. The second kappa shape index (κ2) is 5.35. The lowest BCUT2D eigenvalue weighted by atomic mass is 10.2. The fourth-order valence-corrected chi connectivity index (χ4v) is 1.75. The van der Waals surface area contributed by atoms with E-state index in [1.165, 1.54) is 0 Å². The lowest BCUT2D eigenvalue weighted by Crippen LogP contribution is -2.53. The van der Waals surface area contributed by atoms with Gasteiger partial charge >= 0.3 is 6.03 Å². The summed E-state index contributed by atoms with van der Waals surface area (Å²) in [7, 11) is 0. The Morgan fingerprint density at radius 3 is 2.47 bits per heavy atom. The van der Waals surface area contributed by atoms with Gasteiger partial charge in [-0.1, -0.05) is 6.92 Å². The largest absolute Gasteiger partial charge is 0.372 e. The van der Waals surface area contributed by atoms with Gasteiger partial charge in [-0.05, 0) is 27.2 Å². The quantitative estimate of drug-likeness (QED) is 0.758. The highest BCUT2D eigenvalue weighted by atomic mass is 16.5. The first-order chi connectivity index (χ1) is 7.02. The fraction of sp³-hybridized carbons (Fsp3) is 0.909. The van der Waals surface area contributed by atoms with Crippen LogP contribution in [0.2, 0.25) is 0 Å². The van der Waals surface area contributed by atoms with Gasteiger partial charge in [-0.15, -0.1) is 0 Å². The zero-order valence-electron chi connectivity index (χ0n) is 10.1. The van der Waals surface area contributed by atoms with Crippen LogP contribution in [0, 0.1) is 0 Å². The summed E-state index contributed by atoms with van der Waals surface area (Å²) in [5, 5.41) is 2.97. The van der Waals surface area contributed by atoms with E-state index in [0.29, 0.717) is 13.1 Å². The number of hydrogen-bond acceptors (Lipinski definition) is 2. The monoisotopic (exact) mass is 214 g/mol. The molecular weight excluding hydrogens is 192 g/mol. The fourth-order valence-electron chi connectivity index (χ4n) is 1.75. The number of morpholine rings is 1. The Hall–Kier alpha value is -0.770. The van der Waals surface area contributed by atoms with Crippen LogP contribution in [0.25, 0.3) is 0 Å². The number of amides is 2. The lowest BCUT2D eigenvalue weighted by molar-refractivity contribution is -0.0547. The second-order valence-electron chi connectivity index (χ2n) is 4.42. The highest BCUT2D eigenvalue weighted by Gasteiger charge is 2.26. The van der Waals surface area contributed by atoms with Crippen LogP contribution in [0.1, 0.15) is 34.1 Å². The molecule has 0 bridgehead atoms. The molecule has 3 atom stereocenters. The van der Waals surface area contributed by atoms with E-state index in [1.807, 2.05) is 25.7 Å². The van der Waals surface area contributed by atoms with Crippen LogP contribution in [0.3, 0.4) is 0 Å². The smallest absolute Gasteiger partial charge is 0.317 e. The Kier molecular flexibility index (Phi) is 4.39. The number of urea groups is 1. The van der Waals surface area contributed by atoms with E-state index >= 15 is 0 Å². The van der Waals surface area contributed by atoms with E-state index in [1.54, 1.807) is 0 Å². The molecule has 0 saturated carbocycles. The number of rotatable bonds is 2. The van der Waals surface area contributed by atoms with Crippen LogP contribution in [0.4, 0.5) is 4.79 Å². The molecular formula is C11H22N2O2. The number of carbonyl (C=O) groups is 1. The highest BCUT2D eigenvalue weighted by Crippen LogP contribution is 2.10. The van der Waals surface area contributed by atoms with Crippen molar-refractivity contribution in [2.24, 2.45) is 0 Å². The average molecular weight is 214 g/mol. The zero-order chi connectivity index (χ0) is 11.4. The van der Waals surface area contributed by atoms with Gasteiger partial charge in [0.1, 0.15) is 0 Å². The molecule has 1 N–H and O–H groups in total. The Balaban J connectivity index is 2.44. The van der Waals surface area contributed by atoms with Crippen molar-refractivity contribution < 1.29 is 9.53 Å². The molecule has 0 spiro atoms. The Bertz CT molecular complexity index is 211. The third-order valence-corrected chi connectivity index (χ3v) is 2.69. The molecule has 0 unspecified atom stereocenters. The van der Waals surface area contributed by atoms with Gasteiger partial charge in [0.2, 0.25) is 0 Å². The molecule has 1 aliphatic heterocycles. The molecule has 1 rings (SSSR count). The van der Waals surface area contributed by atoms with E-state index in [-0.39, 0.29) is 24.3 Å².